The van der Waals surface area contributed by atoms with E-state index in [1.807, 2.05) is 38.1 Å². The minimum absolute atomic E-state index is 0.0431. The summed E-state index contributed by atoms with van der Waals surface area (Å²) in [6.07, 6.45) is 1.22. The third-order valence-electron chi connectivity index (χ3n) is 5.03. The minimum Gasteiger partial charge on any atom is -0.311 e. The Morgan fingerprint density at radius 2 is 1.84 bits per heavy atom. The standard InChI is InChI=1S/C25H29N5OS/c1-5-11-30-24(21-9-6-8-18(2)14-21)27-28-25(30)32-17-23(31)29(12-7-10-26)22-15-19(3)13-20(4)16-22/h6,8-9,13-16H,5,7,11-12,17H2,1-4H3. The summed E-state index contributed by atoms with van der Waals surface area (Å²) in [5.41, 5.74) is 5.20. The lowest BCUT2D eigenvalue weighted by molar-refractivity contribution is -0.116. The first-order chi connectivity index (χ1) is 15.4. The number of amides is 1. The summed E-state index contributed by atoms with van der Waals surface area (Å²) in [4.78, 5) is 14.9. The van der Waals surface area contributed by atoms with Crippen molar-refractivity contribution in [1.82, 2.24) is 14.8 Å². The number of thioether (sulfide) groups is 1. The first kappa shape index (κ1) is 23.6. The summed E-state index contributed by atoms with van der Waals surface area (Å²) in [7, 11) is 0. The van der Waals surface area contributed by atoms with Crippen LogP contribution in [0.1, 0.15) is 36.5 Å². The largest absolute Gasteiger partial charge is 0.311 e. The highest BCUT2D eigenvalue weighted by molar-refractivity contribution is 7.99. The first-order valence-corrected chi connectivity index (χ1v) is 11.8. The average Bonchev–Trinajstić information content (AvgIpc) is 3.15. The van der Waals surface area contributed by atoms with Crippen molar-refractivity contribution < 1.29 is 4.79 Å². The summed E-state index contributed by atoms with van der Waals surface area (Å²) in [6, 6.07) is 16.4. The van der Waals surface area contributed by atoms with E-state index in [0.717, 1.165) is 46.3 Å². The van der Waals surface area contributed by atoms with Crippen LogP contribution in [0.25, 0.3) is 11.4 Å². The van der Waals surface area contributed by atoms with E-state index in [1.165, 1.54) is 17.3 Å². The number of hydrogen-bond acceptors (Lipinski definition) is 5. The van der Waals surface area contributed by atoms with Crippen LogP contribution in [0.2, 0.25) is 0 Å². The molecule has 1 aromatic heterocycles. The van der Waals surface area contributed by atoms with Crippen LogP contribution < -0.4 is 4.90 Å². The minimum atomic E-state index is -0.0431. The molecule has 166 valence electrons. The number of rotatable bonds is 9. The lowest BCUT2D eigenvalue weighted by Gasteiger charge is -2.22. The molecule has 0 unspecified atom stereocenters. The van der Waals surface area contributed by atoms with E-state index in [2.05, 4.69) is 52.9 Å². The molecule has 0 aliphatic rings. The molecule has 6 nitrogen and oxygen atoms in total. The van der Waals surface area contributed by atoms with Gasteiger partial charge >= 0.3 is 0 Å². The molecule has 7 heteroatoms. The van der Waals surface area contributed by atoms with Crippen LogP contribution in [0.5, 0.6) is 0 Å². The van der Waals surface area contributed by atoms with Gasteiger partial charge in [-0.15, -0.1) is 10.2 Å². The summed E-state index contributed by atoms with van der Waals surface area (Å²) in [6.45, 7) is 9.35. The quantitative estimate of drug-likeness (QED) is 0.415. The fourth-order valence-corrected chi connectivity index (χ4v) is 4.53. The number of aryl methyl sites for hydroxylation is 3. The Kier molecular flexibility index (Phi) is 8.07. The maximum Gasteiger partial charge on any atom is 0.237 e. The van der Waals surface area contributed by atoms with Gasteiger partial charge < -0.3 is 9.47 Å². The van der Waals surface area contributed by atoms with Crippen LogP contribution in [0, 0.1) is 32.1 Å². The summed E-state index contributed by atoms with van der Waals surface area (Å²) in [5, 5.41) is 18.6. The van der Waals surface area contributed by atoms with Gasteiger partial charge in [0.25, 0.3) is 0 Å². The molecule has 0 atom stereocenters. The van der Waals surface area contributed by atoms with Crippen molar-refractivity contribution in [2.45, 2.75) is 52.2 Å². The van der Waals surface area contributed by atoms with Gasteiger partial charge in [-0.05, 0) is 56.5 Å². The molecule has 0 saturated heterocycles. The van der Waals surface area contributed by atoms with Crippen LogP contribution in [-0.4, -0.2) is 33.0 Å². The lowest BCUT2D eigenvalue weighted by Crippen LogP contribution is -2.33. The predicted octanol–water partition coefficient (Wildman–Crippen LogP) is 5.32. The number of carbonyl (C=O) groups is 1. The van der Waals surface area contributed by atoms with E-state index in [9.17, 15) is 4.79 Å². The maximum atomic E-state index is 13.2. The summed E-state index contributed by atoms with van der Waals surface area (Å²) < 4.78 is 2.09. The van der Waals surface area contributed by atoms with Crippen molar-refractivity contribution in [3.05, 3.63) is 59.2 Å². The van der Waals surface area contributed by atoms with Gasteiger partial charge in [-0.2, -0.15) is 5.26 Å². The zero-order valence-electron chi connectivity index (χ0n) is 19.1. The highest BCUT2D eigenvalue weighted by Gasteiger charge is 2.20. The zero-order chi connectivity index (χ0) is 23.1. The number of hydrogen-bond donors (Lipinski definition) is 0. The fraction of sp³-hybridized carbons (Fsp3) is 0.360. The second-order valence-electron chi connectivity index (χ2n) is 7.92. The predicted molar refractivity (Wildman–Crippen MR) is 130 cm³/mol. The van der Waals surface area contributed by atoms with Gasteiger partial charge in [-0.25, -0.2) is 0 Å². The van der Waals surface area contributed by atoms with E-state index in [1.54, 1.807) is 4.90 Å². The molecule has 0 aliphatic carbocycles. The normalized spacial score (nSPS) is 10.7. The molecule has 0 N–H and O–H groups in total. The van der Waals surface area contributed by atoms with Crippen molar-refractivity contribution in [3.8, 4) is 17.5 Å². The molecule has 2 aromatic carbocycles. The molecule has 1 amide bonds. The number of aromatic nitrogens is 3. The van der Waals surface area contributed by atoms with Crippen molar-refractivity contribution in [2.24, 2.45) is 0 Å². The van der Waals surface area contributed by atoms with Crippen molar-refractivity contribution in [3.63, 3.8) is 0 Å². The Morgan fingerprint density at radius 1 is 1.09 bits per heavy atom. The highest BCUT2D eigenvalue weighted by Crippen LogP contribution is 2.26. The van der Waals surface area contributed by atoms with Gasteiger partial charge in [0.1, 0.15) is 0 Å². The molecule has 0 fully saturated rings. The van der Waals surface area contributed by atoms with Gasteiger partial charge in [-0.3, -0.25) is 4.79 Å². The first-order valence-electron chi connectivity index (χ1n) is 10.8. The molecule has 3 aromatic rings. The second-order valence-corrected chi connectivity index (χ2v) is 8.86. The summed E-state index contributed by atoms with van der Waals surface area (Å²) in [5.74, 6) is 1.01. The highest BCUT2D eigenvalue weighted by atomic mass is 32.2. The molecular formula is C25H29N5OS. The van der Waals surface area contributed by atoms with Crippen LogP contribution in [0.3, 0.4) is 0 Å². The Bertz CT molecular complexity index is 1110. The molecule has 0 spiro atoms. The summed E-state index contributed by atoms with van der Waals surface area (Å²) >= 11 is 1.39. The molecular weight excluding hydrogens is 418 g/mol. The van der Waals surface area contributed by atoms with Crippen molar-refractivity contribution in [2.75, 3.05) is 17.2 Å². The number of benzene rings is 2. The zero-order valence-corrected chi connectivity index (χ0v) is 19.9. The maximum absolute atomic E-state index is 13.2. The monoisotopic (exact) mass is 447 g/mol. The molecule has 0 bridgehead atoms. The fourth-order valence-electron chi connectivity index (χ4n) is 3.69. The Balaban J connectivity index is 1.82. The number of anilines is 1. The van der Waals surface area contributed by atoms with E-state index < -0.39 is 0 Å². The lowest BCUT2D eigenvalue weighted by atomic mass is 10.1. The van der Waals surface area contributed by atoms with Gasteiger partial charge in [0.2, 0.25) is 5.91 Å². The van der Waals surface area contributed by atoms with E-state index in [4.69, 9.17) is 5.26 Å². The van der Waals surface area contributed by atoms with E-state index in [0.29, 0.717) is 6.54 Å². The number of nitriles is 1. The van der Waals surface area contributed by atoms with Gasteiger partial charge in [-0.1, -0.05) is 48.5 Å². The molecule has 32 heavy (non-hydrogen) atoms. The van der Waals surface area contributed by atoms with Gasteiger partial charge in [0, 0.05) is 24.3 Å². The van der Waals surface area contributed by atoms with Crippen LogP contribution in [0.15, 0.2) is 47.6 Å². The average molecular weight is 448 g/mol. The number of carbonyl (C=O) groups excluding carboxylic acids is 1. The van der Waals surface area contributed by atoms with Gasteiger partial charge in [0.05, 0.1) is 18.2 Å². The van der Waals surface area contributed by atoms with Crippen LogP contribution >= 0.6 is 11.8 Å². The molecule has 3 rings (SSSR count). The Morgan fingerprint density at radius 3 is 2.50 bits per heavy atom. The smallest absolute Gasteiger partial charge is 0.237 e. The Labute approximate surface area is 194 Å². The SMILES string of the molecule is CCCn1c(SCC(=O)N(CCC#N)c2cc(C)cc(C)c2)nnc1-c1cccc(C)c1. The van der Waals surface area contributed by atoms with Crippen molar-refractivity contribution in [1.29, 1.82) is 5.26 Å². The number of nitrogens with zero attached hydrogens (tertiary/aromatic N) is 5. The molecule has 0 radical (unpaired) electrons. The third kappa shape index (κ3) is 5.77. The second kappa shape index (κ2) is 11.0. The molecule has 1 heterocycles. The van der Waals surface area contributed by atoms with E-state index in [-0.39, 0.29) is 18.1 Å². The topological polar surface area (TPSA) is 74.8 Å². The van der Waals surface area contributed by atoms with E-state index >= 15 is 0 Å². The van der Waals surface area contributed by atoms with Crippen LogP contribution in [-0.2, 0) is 11.3 Å². The van der Waals surface area contributed by atoms with Gasteiger partial charge in [0.15, 0.2) is 11.0 Å². The molecule has 0 saturated carbocycles. The van der Waals surface area contributed by atoms with Crippen LogP contribution in [0.4, 0.5) is 5.69 Å². The Hall–Kier alpha value is -3.11. The third-order valence-corrected chi connectivity index (χ3v) is 5.98. The molecule has 0 aliphatic heterocycles. The van der Waals surface area contributed by atoms with Crippen molar-refractivity contribution >= 4 is 23.4 Å².